The number of rotatable bonds is 2. The molecule has 3 aliphatic rings. The van der Waals surface area contributed by atoms with E-state index in [1.54, 1.807) is 40.1 Å². The van der Waals surface area contributed by atoms with Crippen LogP contribution in [0.1, 0.15) is 70.6 Å². The van der Waals surface area contributed by atoms with Crippen LogP contribution < -0.4 is 30.3 Å². The first-order valence-corrected chi connectivity index (χ1v) is 12.4. The second kappa shape index (κ2) is 18.2. The Morgan fingerprint density at radius 1 is 0.833 bits per heavy atom. The number of carbonyl (C=O) groups excluding carboxylic acids is 3. The van der Waals surface area contributed by atoms with Gasteiger partial charge in [0.2, 0.25) is 5.91 Å². The summed E-state index contributed by atoms with van der Waals surface area (Å²) in [6, 6.07) is 1.07. The fourth-order valence-corrected chi connectivity index (χ4v) is 3.35. The predicted octanol–water partition coefficient (Wildman–Crippen LogP) is -2.54. The molecule has 0 spiro atoms. The van der Waals surface area contributed by atoms with E-state index in [1.807, 2.05) is 0 Å². The number of nitrogens with zero attached hydrogens (tertiary/aromatic N) is 1. The average molecular weight is 792 g/mol. The van der Waals surface area contributed by atoms with Crippen molar-refractivity contribution in [2.75, 3.05) is 7.05 Å². The number of hydrogen-bond donors (Lipinski definition) is 4. The van der Waals surface area contributed by atoms with E-state index in [0.29, 0.717) is 17.0 Å². The van der Waals surface area contributed by atoms with Crippen molar-refractivity contribution in [1.82, 2.24) is 4.90 Å². The molecule has 0 atom stereocenters. The number of likely N-dealkylation sites (N-methyl/N-ethyl adjacent to an activating group) is 1. The maximum absolute atomic E-state index is 10.6. The molecule has 30 heavy (non-hydrogen) atoms. The number of carboxylic acid groups (broad SMARTS) is 2. The Balaban J connectivity index is 0. The molecule has 0 aromatic carbocycles. The van der Waals surface area contributed by atoms with Crippen molar-refractivity contribution in [3.05, 3.63) is 0 Å². The van der Waals surface area contributed by atoms with Crippen LogP contribution in [-0.2, 0) is 54.5 Å². The fraction of sp³-hybridized carbons (Fsp3) is 0.833. The van der Waals surface area contributed by atoms with E-state index in [9.17, 15) is 24.6 Å². The minimum atomic E-state index is -2.25. The predicted molar refractivity (Wildman–Crippen MR) is 101 cm³/mol. The summed E-state index contributed by atoms with van der Waals surface area (Å²) in [5, 5.41) is 20.8. The van der Waals surface area contributed by atoms with Crippen LogP contribution in [0.25, 0.3) is 0 Å². The molecule has 0 aromatic heterocycles. The monoisotopic (exact) mass is 791 g/mol. The molecule has 10 nitrogen and oxygen atoms in total. The van der Waals surface area contributed by atoms with Crippen molar-refractivity contribution in [1.29, 1.82) is 0 Å². The number of hydrogen-bond acceptors (Lipinski definition) is 9. The zero-order valence-electron chi connectivity index (χ0n) is 17.4. The van der Waals surface area contributed by atoms with Gasteiger partial charge in [-0.25, -0.2) is 0 Å². The molecule has 1 amide bonds. The zero-order chi connectivity index (χ0) is 23.7. The Labute approximate surface area is 202 Å². The van der Waals surface area contributed by atoms with Gasteiger partial charge < -0.3 is 36.2 Å². The molecule has 2 aliphatic carbocycles. The van der Waals surface area contributed by atoms with E-state index in [2.05, 4.69) is 8.58 Å². The van der Waals surface area contributed by atoms with Crippen molar-refractivity contribution in [2.45, 2.75) is 88.3 Å². The van der Waals surface area contributed by atoms with Crippen molar-refractivity contribution in [2.24, 2.45) is 20.1 Å². The quantitative estimate of drug-likeness (QED) is 0.172. The van der Waals surface area contributed by atoms with Crippen LogP contribution in [0.3, 0.4) is 0 Å². The van der Waals surface area contributed by atoms with Gasteiger partial charge in [0.1, 0.15) is 5.54 Å². The molecule has 12 heteroatoms. The Bertz CT molecular complexity index is 471. The third kappa shape index (κ3) is 10.8. The molecule has 3 rings (SSSR count). The SMILES string of the molecule is CN1C(=O)CC1(C(=O)[O-])C(=O)[O-].NC1CCCCC1.NC1CCCCC1.[NH2][Pt+].[NH2][Pt+]. The summed E-state index contributed by atoms with van der Waals surface area (Å²) >= 11 is 3.28. The van der Waals surface area contributed by atoms with E-state index < -0.39 is 29.8 Å². The normalized spacial score (nSPS) is 20.3. The number of amides is 1. The fourth-order valence-electron chi connectivity index (χ4n) is 3.35. The van der Waals surface area contributed by atoms with Gasteiger partial charge in [0, 0.05) is 19.1 Å². The summed E-state index contributed by atoms with van der Waals surface area (Å²) in [6.07, 6.45) is 12.7. The Morgan fingerprint density at radius 3 is 1.23 bits per heavy atom. The van der Waals surface area contributed by atoms with Crippen LogP contribution in [0.4, 0.5) is 0 Å². The molecule has 8 N–H and O–H groups in total. The second-order valence-electron chi connectivity index (χ2n) is 7.36. The van der Waals surface area contributed by atoms with Crippen LogP contribution in [0, 0.1) is 0 Å². The first-order chi connectivity index (χ1) is 14.2. The van der Waals surface area contributed by atoms with Gasteiger partial charge in [-0.1, -0.05) is 38.5 Å². The third-order valence-electron chi connectivity index (χ3n) is 5.33. The summed E-state index contributed by atoms with van der Waals surface area (Å²) in [4.78, 5) is 31.9. The van der Waals surface area contributed by atoms with E-state index in [1.165, 1.54) is 64.2 Å². The van der Waals surface area contributed by atoms with Gasteiger partial charge in [0.15, 0.2) is 0 Å². The number of β-lactam (4-membered cyclic amide) rings is 1. The van der Waals surface area contributed by atoms with E-state index in [4.69, 9.17) is 11.5 Å². The zero-order valence-corrected chi connectivity index (χ0v) is 21.9. The van der Waals surface area contributed by atoms with Crippen molar-refractivity contribution >= 4 is 17.8 Å². The molecule has 0 bridgehead atoms. The molecule has 1 heterocycles. The number of likely N-dealkylation sites (tertiary alicyclic amines) is 1. The van der Waals surface area contributed by atoms with Gasteiger partial charge in [-0.15, -0.1) is 0 Å². The van der Waals surface area contributed by atoms with Gasteiger partial charge >= 0.3 is 48.7 Å². The first-order valence-electron chi connectivity index (χ1n) is 9.79. The number of carboxylic acids is 2. The number of nitrogens with two attached hydrogens (primary N) is 4. The first kappa shape index (κ1) is 31.8. The molecule has 0 aromatic rings. The molecule has 182 valence electrons. The van der Waals surface area contributed by atoms with Gasteiger partial charge in [-0.2, -0.15) is 0 Å². The van der Waals surface area contributed by atoms with Crippen LogP contribution >= 0.6 is 0 Å². The summed E-state index contributed by atoms with van der Waals surface area (Å²) in [7, 11) is 1.08. The summed E-state index contributed by atoms with van der Waals surface area (Å²) in [5.41, 5.74) is 9.02. The molecule has 0 unspecified atom stereocenters. The summed E-state index contributed by atoms with van der Waals surface area (Å²) in [5.74, 6) is -4.18. The van der Waals surface area contributed by atoms with Crippen LogP contribution in [0.5, 0.6) is 0 Å². The molecule has 1 aliphatic heterocycles. The summed E-state index contributed by atoms with van der Waals surface area (Å²) < 4.78 is 8.94. The Hall–Kier alpha value is -0.373. The summed E-state index contributed by atoms with van der Waals surface area (Å²) in [6.45, 7) is 0. The second-order valence-corrected chi connectivity index (χ2v) is 7.36. The molecule has 1 saturated heterocycles. The van der Waals surface area contributed by atoms with Gasteiger partial charge in [0.25, 0.3) is 0 Å². The van der Waals surface area contributed by atoms with Crippen molar-refractivity contribution < 1.29 is 64.7 Å². The van der Waals surface area contributed by atoms with Gasteiger partial charge in [0.05, 0.1) is 18.4 Å². The minimum absolute atomic E-state index is 0.536. The standard InChI is InChI=1S/C6H7NO5.2C6H13N.2H2N.2Pt/c1-7-3(8)2-6(7,4(9)10)5(11)12;2*7-6-4-2-1-3-5-6;;;;/h2H2,1H3,(H,9,10)(H,11,12);2*6H,1-5,7H2;2*1H2;;/q;;;2*-1;2*+2/p-2. The van der Waals surface area contributed by atoms with E-state index >= 15 is 0 Å². The molecular formula is C18H35N5O5Pt2. The van der Waals surface area contributed by atoms with Gasteiger partial charge in [-0.05, 0) is 25.7 Å². The Kier molecular flexibility index (Phi) is 19.3. The average Bonchev–Trinajstić information content (AvgIpc) is 2.76. The van der Waals surface area contributed by atoms with Crippen LogP contribution in [0.15, 0.2) is 0 Å². The topological polar surface area (TPSA) is 205 Å². The molecule has 3 fully saturated rings. The Morgan fingerprint density at radius 2 is 1.13 bits per heavy atom. The van der Waals surface area contributed by atoms with Crippen LogP contribution in [0.2, 0.25) is 0 Å². The molecule has 2 saturated carbocycles. The third-order valence-corrected chi connectivity index (χ3v) is 5.33. The van der Waals surface area contributed by atoms with E-state index in [0.717, 1.165) is 7.05 Å². The molecular weight excluding hydrogens is 756 g/mol. The van der Waals surface area contributed by atoms with Crippen molar-refractivity contribution in [3.63, 3.8) is 0 Å². The van der Waals surface area contributed by atoms with E-state index in [-0.39, 0.29) is 0 Å². The molecule has 0 radical (unpaired) electrons. The number of aliphatic carboxylic acids is 2. The van der Waals surface area contributed by atoms with Gasteiger partial charge in [-0.3, -0.25) is 4.79 Å². The van der Waals surface area contributed by atoms with Crippen molar-refractivity contribution in [3.8, 4) is 0 Å². The van der Waals surface area contributed by atoms with Crippen LogP contribution in [-0.4, -0.2) is 47.4 Å². The maximum atomic E-state index is 10.6. The number of carbonyl (C=O) groups is 3.